The molecule has 86 valence electrons. The Labute approximate surface area is 94.8 Å². The van der Waals surface area contributed by atoms with Gasteiger partial charge in [-0.3, -0.25) is 4.31 Å². The summed E-state index contributed by atoms with van der Waals surface area (Å²) >= 11 is 1.99. The zero-order chi connectivity index (χ0) is 11.0. The molecule has 0 radical (unpaired) electrons. The average Bonchev–Trinajstić information content (AvgIpc) is 2.17. The smallest absolute Gasteiger partial charge is 0.0118 e. The molecule has 0 aromatic heterocycles. The van der Waals surface area contributed by atoms with E-state index in [1.807, 2.05) is 25.8 Å². The summed E-state index contributed by atoms with van der Waals surface area (Å²) in [5, 5.41) is 0. The Morgan fingerprint density at radius 3 is 2.14 bits per heavy atom. The predicted molar refractivity (Wildman–Crippen MR) is 68.6 cm³/mol. The second-order valence-electron chi connectivity index (χ2n) is 3.84. The molecule has 0 aromatic carbocycles. The Morgan fingerprint density at radius 2 is 1.79 bits per heavy atom. The van der Waals surface area contributed by atoms with Crippen LogP contribution in [-0.4, -0.2) is 23.1 Å². The molecule has 0 saturated heterocycles. The Balaban J connectivity index is 0.000000791. The highest BCUT2D eigenvalue weighted by Crippen LogP contribution is 2.34. The molecule has 0 aliphatic heterocycles. The molecule has 0 atom stereocenters. The van der Waals surface area contributed by atoms with Gasteiger partial charge in [-0.2, -0.15) is 0 Å². The van der Waals surface area contributed by atoms with E-state index in [0.717, 1.165) is 11.8 Å². The van der Waals surface area contributed by atoms with Gasteiger partial charge in [0.2, 0.25) is 0 Å². The van der Waals surface area contributed by atoms with E-state index in [-0.39, 0.29) is 0 Å². The van der Waals surface area contributed by atoms with E-state index >= 15 is 0 Å². The number of hydrogen-bond acceptors (Lipinski definition) is 2. The Kier molecular flexibility index (Phi) is 8.80. The predicted octanol–water partition coefficient (Wildman–Crippen LogP) is 4.05. The lowest BCUT2D eigenvalue weighted by molar-refractivity contribution is 0.182. The van der Waals surface area contributed by atoms with Gasteiger partial charge in [0.1, 0.15) is 0 Å². The molecule has 1 aliphatic rings. The van der Waals surface area contributed by atoms with Crippen LogP contribution in [0.1, 0.15) is 47.5 Å². The summed E-state index contributed by atoms with van der Waals surface area (Å²) in [6, 6.07) is 0. The molecule has 2 heteroatoms. The zero-order valence-corrected chi connectivity index (χ0v) is 11.4. The van der Waals surface area contributed by atoms with Crippen LogP contribution < -0.4 is 0 Å². The van der Waals surface area contributed by atoms with Gasteiger partial charge in [-0.05, 0) is 24.7 Å². The summed E-state index contributed by atoms with van der Waals surface area (Å²) in [5.41, 5.74) is 0. The molecular weight excluding hydrogens is 190 g/mol. The van der Waals surface area contributed by atoms with Crippen LogP contribution >= 0.6 is 11.9 Å². The summed E-state index contributed by atoms with van der Waals surface area (Å²) in [7, 11) is 0. The third-order valence-corrected chi connectivity index (χ3v) is 3.63. The molecule has 0 N–H and O–H groups in total. The third-order valence-electron chi connectivity index (χ3n) is 2.60. The van der Waals surface area contributed by atoms with Crippen molar-refractivity contribution in [3.05, 3.63) is 0 Å². The van der Waals surface area contributed by atoms with Crippen molar-refractivity contribution in [3.8, 4) is 0 Å². The van der Waals surface area contributed by atoms with Crippen LogP contribution in [0.3, 0.4) is 0 Å². The normalized spacial score (nSPS) is 25.3. The van der Waals surface area contributed by atoms with Gasteiger partial charge in [-0.15, -0.1) is 0 Å². The topological polar surface area (TPSA) is 3.24 Å². The van der Waals surface area contributed by atoms with Crippen molar-refractivity contribution in [2.75, 3.05) is 18.8 Å². The molecule has 1 rings (SSSR count). The highest BCUT2D eigenvalue weighted by atomic mass is 32.2. The van der Waals surface area contributed by atoms with Crippen LogP contribution in [0.25, 0.3) is 0 Å². The van der Waals surface area contributed by atoms with E-state index in [1.54, 1.807) is 0 Å². The Bertz CT molecular complexity index is 121. The van der Waals surface area contributed by atoms with E-state index in [1.165, 1.54) is 31.7 Å². The average molecular weight is 217 g/mol. The van der Waals surface area contributed by atoms with Crippen molar-refractivity contribution in [2.24, 2.45) is 11.8 Å². The molecule has 1 nitrogen and oxygen atoms in total. The van der Waals surface area contributed by atoms with Gasteiger partial charge in [0.25, 0.3) is 0 Å². The highest BCUT2D eigenvalue weighted by Gasteiger charge is 2.26. The summed E-state index contributed by atoms with van der Waals surface area (Å²) in [6.07, 6.45) is 2.92. The summed E-state index contributed by atoms with van der Waals surface area (Å²) in [6.45, 7) is 13.4. The number of nitrogens with zero attached hydrogens (tertiary/aromatic N) is 1. The van der Waals surface area contributed by atoms with E-state index < -0.39 is 0 Å². The van der Waals surface area contributed by atoms with E-state index in [9.17, 15) is 0 Å². The van der Waals surface area contributed by atoms with Gasteiger partial charge in [0, 0.05) is 18.8 Å². The van der Waals surface area contributed by atoms with Crippen molar-refractivity contribution in [2.45, 2.75) is 47.5 Å². The van der Waals surface area contributed by atoms with Gasteiger partial charge in [0.15, 0.2) is 0 Å². The van der Waals surface area contributed by atoms with Crippen LogP contribution in [0.2, 0.25) is 0 Å². The molecule has 0 heterocycles. The first-order valence-corrected chi connectivity index (χ1v) is 7.08. The maximum atomic E-state index is 2.51. The lowest BCUT2D eigenvalue weighted by Crippen LogP contribution is -2.32. The van der Waals surface area contributed by atoms with Crippen molar-refractivity contribution < 1.29 is 0 Å². The molecule has 0 spiro atoms. The molecule has 1 saturated carbocycles. The fourth-order valence-corrected chi connectivity index (χ4v) is 2.83. The molecule has 1 fully saturated rings. The SMILES string of the molecule is CC.CCSN(CC)CC1CC(C)C1. The molecular formula is C12H27NS. The Morgan fingerprint density at radius 1 is 1.21 bits per heavy atom. The van der Waals surface area contributed by atoms with E-state index in [4.69, 9.17) is 0 Å². The summed E-state index contributed by atoms with van der Waals surface area (Å²) < 4.78 is 2.51. The lowest BCUT2D eigenvalue weighted by atomic mass is 9.76. The lowest BCUT2D eigenvalue weighted by Gasteiger charge is -2.35. The maximum Gasteiger partial charge on any atom is 0.0118 e. The molecule has 0 bridgehead atoms. The first-order valence-electron chi connectivity index (χ1n) is 6.14. The number of hydrogen-bond donors (Lipinski definition) is 0. The van der Waals surface area contributed by atoms with Gasteiger partial charge in [0.05, 0.1) is 0 Å². The van der Waals surface area contributed by atoms with Crippen LogP contribution in [0.5, 0.6) is 0 Å². The number of rotatable bonds is 5. The standard InChI is InChI=1S/C10H21NS.C2H6/c1-4-11(12-5-2)8-10-6-9(3)7-10;1-2/h9-10H,4-8H2,1-3H3;1-2H3. The minimum Gasteiger partial charge on any atom is -0.251 e. The molecule has 1 aliphatic carbocycles. The van der Waals surface area contributed by atoms with Crippen molar-refractivity contribution in [3.63, 3.8) is 0 Å². The van der Waals surface area contributed by atoms with E-state index in [0.29, 0.717) is 0 Å². The van der Waals surface area contributed by atoms with Gasteiger partial charge < -0.3 is 0 Å². The highest BCUT2D eigenvalue weighted by molar-refractivity contribution is 7.96. The van der Waals surface area contributed by atoms with Gasteiger partial charge in [-0.25, -0.2) is 0 Å². The van der Waals surface area contributed by atoms with Crippen molar-refractivity contribution >= 4 is 11.9 Å². The first kappa shape index (κ1) is 14.3. The summed E-state index contributed by atoms with van der Waals surface area (Å²) in [5.74, 6) is 3.22. The van der Waals surface area contributed by atoms with Crippen LogP contribution in [0, 0.1) is 11.8 Å². The monoisotopic (exact) mass is 217 g/mol. The minimum absolute atomic E-state index is 0.999. The first-order chi connectivity index (χ1) is 6.76. The van der Waals surface area contributed by atoms with Gasteiger partial charge >= 0.3 is 0 Å². The minimum atomic E-state index is 0.999. The fraction of sp³-hybridized carbons (Fsp3) is 1.00. The molecule has 14 heavy (non-hydrogen) atoms. The van der Waals surface area contributed by atoms with E-state index in [2.05, 4.69) is 25.1 Å². The molecule has 0 amide bonds. The molecule has 0 aromatic rings. The maximum absolute atomic E-state index is 2.51. The molecule has 0 unspecified atom stereocenters. The Hall–Kier alpha value is 0.310. The zero-order valence-electron chi connectivity index (χ0n) is 10.5. The van der Waals surface area contributed by atoms with Crippen LogP contribution in [0.4, 0.5) is 0 Å². The quantitative estimate of drug-likeness (QED) is 0.639. The van der Waals surface area contributed by atoms with Crippen LogP contribution in [0.15, 0.2) is 0 Å². The fourth-order valence-electron chi connectivity index (χ4n) is 1.96. The third kappa shape index (κ3) is 5.26. The van der Waals surface area contributed by atoms with Crippen molar-refractivity contribution in [1.82, 2.24) is 4.31 Å². The second-order valence-corrected chi connectivity index (χ2v) is 5.19. The van der Waals surface area contributed by atoms with Crippen molar-refractivity contribution in [1.29, 1.82) is 0 Å². The summed E-state index contributed by atoms with van der Waals surface area (Å²) in [4.78, 5) is 0. The largest absolute Gasteiger partial charge is 0.251 e. The van der Waals surface area contributed by atoms with Crippen LogP contribution in [-0.2, 0) is 0 Å². The van der Waals surface area contributed by atoms with Gasteiger partial charge in [-0.1, -0.05) is 46.6 Å². The second kappa shape index (κ2) is 8.60.